The molecule has 7 heteroatoms. The lowest BCUT2D eigenvalue weighted by Gasteiger charge is -2.23. The van der Waals surface area contributed by atoms with E-state index in [4.69, 9.17) is 4.74 Å². The van der Waals surface area contributed by atoms with Crippen molar-refractivity contribution in [3.63, 3.8) is 0 Å². The number of para-hydroxylation sites is 1. The van der Waals surface area contributed by atoms with Gasteiger partial charge in [0, 0.05) is 6.54 Å². The molecule has 0 radical (unpaired) electrons. The van der Waals surface area contributed by atoms with Gasteiger partial charge in [0.2, 0.25) is 0 Å². The number of nitrogens with one attached hydrogen (secondary N) is 1. The largest absolute Gasteiger partial charge is 0.478 e. The molecule has 0 atom stereocenters. The molecular weight excluding hydrogens is 371 g/mol. The predicted molar refractivity (Wildman–Crippen MR) is 100.0 cm³/mol. The summed E-state index contributed by atoms with van der Waals surface area (Å²) in [5.41, 5.74) is -0.626. The summed E-state index contributed by atoms with van der Waals surface area (Å²) in [6.07, 6.45) is 1.07. The quantitative estimate of drug-likeness (QED) is 0.615. The molecule has 0 amide bonds. The fourth-order valence-corrected chi connectivity index (χ4v) is 3.43. The van der Waals surface area contributed by atoms with Gasteiger partial charge in [-0.15, -0.1) is 0 Å². The second-order valence-corrected chi connectivity index (χ2v) is 7.00. The fourth-order valence-electron chi connectivity index (χ4n) is 3.43. The van der Waals surface area contributed by atoms with Gasteiger partial charge in [0.25, 0.3) is 0 Å². The summed E-state index contributed by atoms with van der Waals surface area (Å²) >= 11 is 0. The molecule has 150 valence electrons. The van der Waals surface area contributed by atoms with Gasteiger partial charge in [0.05, 0.1) is 11.3 Å². The van der Waals surface area contributed by atoms with Gasteiger partial charge in [-0.05, 0) is 49.1 Å². The van der Waals surface area contributed by atoms with Crippen molar-refractivity contribution in [2.45, 2.75) is 38.3 Å². The van der Waals surface area contributed by atoms with Gasteiger partial charge in [-0.3, -0.25) is 0 Å². The zero-order chi connectivity index (χ0) is 20.1. The number of hydrogen-bond acceptors (Lipinski definition) is 3. The number of anilines is 1. The van der Waals surface area contributed by atoms with Crippen LogP contribution in [0, 0.1) is 5.92 Å². The molecule has 1 saturated carbocycles. The van der Waals surface area contributed by atoms with Crippen molar-refractivity contribution in [1.29, 1.82) is 0 Å². The molecule has 2 N–H and O–H groups in total. The first-order valence-electron chi connectivity index (χ1n) is 9.30. The highest BCUT2D eigenvalue weighted by atomic mass is 19.4. The number of benzene rings is 2. The minimum absolute atomic E-state index is 0.0550. The third-order valence-electron chi connectivity index (χ3n) is 4.95. The molecule has 0 aromatic heterocycles. The first kappa shape index (κ1) is 20.0. The van der Waals surface area contributed by atoms with Crippen LogP contribution in [0.3, 0.4) is 0 Å². The third kappa shape index (κ3) is 4.97. The average Bonchev–Trinajstić information content (AvgIpc) is 2.67. The van der Waals surface area contributed by atoms with E-state index < -0.39 is 17.7 Å². The number of alkyl halides is 3. The number of hydrogen-bond donors (Lipinski definition) is 2. The Morgan fingerprint density at radius 1 is 1.07 bits per heavy atom. The number of halogens is 3. The maximum absolute atomic E-state index is 13.1. The summed E-state index contributed by atoms with van der Waals surface area (Å²) in [7, 11) is 0. The van der Waals surface area contributed by atoms with Crippen LogP contribution >= 0.6 is 0 Å². The van der Waals surface area contributed by atoms with Gasteiger partial charge >= 0.3 is 12.1 Å². The number of aromatic carboxylic acids is 1. The highest BCUT2D eigenvalue weighted by Crippen LogP contribution is 2.38. The molecule has 0 bridgehead atoms. The molecule has 0 saturated heterocycles. The predicted octanol–water partition coefficient (Wildman–Crippen LogP) is 6.19. The molecular formula is C21H22F3NO3. The van der Waals surface area contributed by atoms with E-state index in [0.717, 1.165) is 37.8 Å². The minimum Gasteiger partial charge on any atom is -0.478 e. The molecule has 3 rings (SSSR count). The van der Waals surface area contributed by atoms with Crippen molar-refractivity contribution in [3.8, 4) is 11.5 Å². The molecule has 2 aromatic rings. The standard InChI is InChI=1S/C21H22F3NO3/c22-21(23,24)15-10-11-19(28-18-9-5-4-8-16(18)20(26)27)17(12-15)25-13-14-6-2-1-3-7-14/h4-5,8-12,14,25H,1-3,6-7,13H2,(H,26,27). The van der Waals surface area contributed by atoms with Gasteiger partial charge in [0.1, 0.15) is 11.3 Å². The zero-order valence-electron chi connectivity index (χ0n) is 15.3. The Kier molecular flexibility index (Phi) is 6.11. The summed E-state index contributed by atoms with van der Waals surface area (Å²) in [4.78, 5) is 11.4. The van der Waals surface area contributed by atoms with Crippen molar-refractivity contribution in [3.05, 3.63) is 53.6 Å². The van der Waals surface area contributed by atoms with Crippen LogP contribution in [0.15, 0.2) is 42.5 Å². The normalized spacial score (nSPS) is 15.2. The smallest absolute Gasteiger partial charge is 0.416 e. The number of carbonyl (C=O) groups is 1. The second-order valence-electron chi connectivity index (χ2n) is 7.00. The van der Waals surface area contributed by atoms with Crippen LogP contribution < -0.4 is 10.1 Å². The molecule has 4 nitrogen and oxygen atoms in total. The third-order valence-corrected chi connectivity index (χ3v) is 4.95. The number of rotatable bonds is 6. The SMILES string of the molecule is O=C(O)c1ccccc1Oc1ccc(C(F)(F)F)cc1NCC1CCCCC1. The van der Waals surface area contributed by atoms with E-state index in [0.29, 0.717) is 12.5 Å². The molecule has 0 aliphatic heterocycles. The summed E-state index contributed by atoms with van der Waals surface area (Å²) in [5.74, 6) is -0.519. The van der Waals surface area contributed by atoms with Crippen molar-refractivity contribution in [2.75, 3.05) is 11.9 Å². The minimum atomic E-state index is -4.47. The molecule has 28 heavy (non-hydrogen) atoms. The van der Waals surface area contributed by atoms with E-state index in [2.05, 4.69) is 5.32 Å². The number of ether oxygens (including phenoxy) is 1. The highest BCUT2D eigenvalue weighted by Gasteiger charge is 2.31. The van der Waals surface area contributed by atoms with Crippen LogP contribution in [0.25, 0.3) is 0 Å². The van der Waals surface area contributed by atoms with Crippen LogP contribution in [0.1, 0.15) is 48.0 Å². The van der Waals surface area contributed by atoms with Crippen molar-refractivity contribution in [1.82, 2.24) is 0 Å². The Hall–Kier alpha value is -2.70. The van der Waals surface area contributed by atoms with Crippen LogP contribution in [0.2, 0.25) is 0 Å². The molecule has 0 spiro atoms. The maximum Gasteiger partial charge on any atom is 0.416 e. The van der Waals surface area contributed by atoms with Gasteiger partial charge in [-0.2, -0.15) is 13.2 Å². The van der Waals surface area contributed by atoms with Crippen LogP contribution in [0.5, 0.6) is 11.5 Å². The lowest BCUT2D eigenvalue weighted by Crippen LogP contribution is -2.18. The Bertz CT molecular complexity index is 830. The second kappa shape index (κ2) is 8.54. The summed E-state index contributed by atoms with van der Waals surface area (Å²) in [5, 5.41) is 12.4. The maximum atomic E-state index is 13.1. The monoisotopic (exact) mass is 393 g/mol. The molecule has 1 aliphatic rings. The zero-order valence-corrected chi connectivity index (χ0v) is 15.3. The average molecular weight is 393 g/mol. The van der Waals surface area contributed by atoms with Crippen molar-refractivity contribution < 1.29 is 27.8 Å². The van der Waals surface area contributed by atoms with Gasteiger partial charge < -0.3 is 15.2 Å². The van der Waals surface area contributed by atoms with E-state index in [1.165, 1.54) is 24.6 Å². The molecule has 2 aromatic carbocycles. The Labute approximate surface area is 161 Å². The Balaban J connectivity index is 1.87. The Morgan fingerprint density at radius 3 is 2.46 bits per heavy atom. The molecule has 0 heterocycles. The summed E-state index contributed by atoms with van der Waals surface area (Å²) in [6.45, 7) is 0.554. The number of carboxylic acid groups (broad SMARTS) is 1. The van der Waals surface area contributed by atoms with Gasteiger partial charge in [-0.25, -0.2) is 4.79 Å². The van der Waals surface area contributed by atoms with Crippen LogP contribution in [0.4, 0.5) is 18.9 Å². The lowest BCUT2D eigenvalue weighted by molar-refractivity contribution is -0.137. The lowest BCUT2D eigenvalue weighted by atomic mass is 9.89. The molecule has 0 unspecified atom stereocenters. The Morgan fingerprint density at radius 2 is 1.79 bits per heavy atom. The highest BCUT2D eigenvalue weighted by molar-refractivity contribution is 5.91. The van der Waals surface area contributed by atoms with Crippen LogP contribution in [-0.4, -0.2) is 17.6 Å². The van der Waals surface area contributed by atoms with E-state index in [1.807, 2.05) is 0 Å². The van der Waals surface area contributed by atoms with E-state index in [9.17, 15) is 23.1 Å². The first-order chi connectivity index (χ1) is 13.3. The topological polar surface area (TPSA) is 58.6 Å². The van der Waals surface area contributed by atoms with E-state index in [-0.39, 0.29) is 22.7 Å². The van der Waals surface area contributed by atoms with E-state index in [1.54, 1.807) is 12.1 Å². The van der Waals surface area contributed by atoms with E-state index >= 15 is 0 Å². The van der Waals surface area contributed by atoms with Crippen molar-refractivity contribution >= 4 is 11.7 Å². The van der Waals surface area contributed by atoms with Gasteiger partial charge in [0.15, 0.2) is 5.75 Å². The number of carboxylic acids is 1. The first-order valence-corrected chi connectivity index (χ1v) is 9.30. The summed E-state index contributed by atoms with van der Waals surface area (Å²) < 4.78 is 45.1. The molecule has 1 fully saturated rings. The fraction of sp³-hybridized carbons (Fsp3) is 0.381. The molecule has 1 aliphatic carbocycles. The summed E-state index contributed by atoms with van der Waals surface area (Å²) in [6, 6.07) is 9.21. The van der Waals surface area contributed by atoms with Crippen LogP contribution in [-0.2, 0) is 6.18 Å². The van der Waals surface area contributed by atoms with Gasteiger partial charge in [-0.1, -0.05) is 31.4 Å². The van der Waals surface area contributed by atoms with Crippen molar-refractivity contribution in [2.24, 2.45) is 5.92 Å².